The quantitative estimate of drug-likeness (QED) is 0.510. The van der Waals surface area contributed by atoms with E-state index >= 15 is 0 Å². The van der Waals surface area contributed by atoms with Crippen LogP contribution in [0.4, 0.5) is 23.7 Å². The van der Waals surface area contributed by atoms with Crippen LogP contribution in [-0.4, -0.2) is 19.2 Å². The van der Waals surface area contributed by atoms with Gasteiger partial charge in [0.25, 0.3) is 0 Å². The van der Waals surface area contributed by atoms with Crippen LogP contribution in [0.3, 0.4) is 0 Å². The summed E-state index contributed by atoms with van der Waals surface area (Å²) in [6.45, 7) is 1.37. The van der Waals surface area contributed by atoms with Crippen LogP contribution in [0.5, 0.6) is 5.75 Å². The Morgan fingerprint density at radius 2 is 1.65 bits per heavy atom. The van der Waals surface area contributed by atoms with Gasteiger partial charge in [0.15, 0.2) is 11.6 Å². The average molecular weight is 429 g/mol. The minimum Gasteiger partial charge on any atom is -0.465 e. The van der Waals surface area contributed by atoms with Crippen LogP contribution >= 0.6 is 0 Å². The monoisotopic (exact) mass is 429 g/mol. The number of esters is 1. The van der Waals surface area contributed by atoms with Crippen molar-refractivity contribution < 1.29 is 32.2 Å². The van der Waals surface area contributed by atoms with Crippen LogP contribution in [0.2, 0.25) is 0 Å². The Kier molecular flexibility index (Phi) is 6.59. The minimum absolute atomic E-state index is 0.0329. The Labute approximate surface area is 176 Å². The molecule has 0 heterocycles. The predicted molar refractivity (Wildman–Crippen MR) is 107 cm³/mol. The second kappa shape index (κ2) is 9.34. The summed E-state index contributed by atoms with van der Waals surface area (Å²) in [5.74, 6) is -3.84. The molecule has 0 spiro atoms. The van der Waals surface area contributed by atoms with Gasteiger partial charge in [-0.3, -0.25) is 4.90 Å². The molecule has 0 atom stereocenters. The standard InChI is InChI=1S/C23H18F3NO4/c1-14-6-10-17(11-7-14)31-23(29)27(20-5-3-4-18(24)21(20)26)13-16-9-8-15(12-19(16)25)22(28)30-2/h3-12H,13H2,1-2H3. The van der Waals surface area contributed by atoms with Crippen LogP contribution in [0, 0.1) is 24.4 Å². The molecule has 0 unspecified atom stereocenters. The van der Waals surface area contributed by atoms with Crippen molar-refractivity contribution in [2.45, 2.75) is 13.5 Å². The lowest BCUT2D eigenvalue weighted by Gasteiger charge is -2.23. The van der Waals surface area contributed by atoms with E-state index in [1.54, 1.807) is 24.3 Å². The third-order valence-corrected chi connectivity index (χ3v) is 4.47. The second-order valence-electron chi connectivity index (χ2n) is 6.64. The Bertz CT molecular complexity index is 1120. The molecular weight excluding hydrogens is 411 g/mol. The third-order valence-electron chi connectivity index (χ3n) is 4.47. The van der Waals surface area contributed by atoms with Gasteiger partial charge in [-0.05, 0) is 43.3 Å². The van der Waals surface area contributed by atoms with Gasteiger partial charge in [0.05, 0.1) is 24.9 Å². The number of methoxy groups -OCH3 is 1. The largest absolute Gasteiger partial charge is 0.465 e. The SMILES string of the molecule is COC(=O)c1ccc(CN(C(=O)Oc2ccc(C)cc2)c2cccc(F)c2F)c(F)c1. The molecule has 0 aromatic heterocycles. The van der Waals surface area contributed by atoms with Gasteiger partial charge in [-0.1, -0.05) is 29.8 Å². The maximum Gasteiger partial charge on any atom is 0.420 e. The zero-order valence-electron chi connectivity index (χ0n) is 16.7. The molecule has 0 fully saturated rings. The Hall–Kier alpha value is -3.81. The summed E-state index contributed by atoms with van der Waals surface area (Å²) in [5, 5.41) is 0. The summed E-state index contributed by atoms with van der Waals surface area (Å²) in [7, 11) is 1.16. The van der Waals surface area contributed by atoms with E-state index in [1.807, 2.05) is 6.92 Å². The molecule has 3 rings (SSSR count). The third kappa shape index (κ3) is 5.03. The summed E-state index contributed by atoms with van der Waals surface area (Å²) >= 11 is 0. The van der Waals surface area contributed by atoms with Gasteiger partial charge in [-0.15, -0.1) is 0 Å². The number of ether oxygens (including phenoxy) is 2. The molecule has 0 saturated carbocycles. The Morgan fingerprint density at radius 3 is 2.29 bits per heavy atom. The molecule has 31 heavy (non-hydrogen) atoms. The van der Waals surface area contributed by atoms with Crippen molar-refractivity contribution in [3.05, 3.63) is 94.8 Å². The van der Waals surface area contributed by atoms with Crippen molar-refractivity contribution in [1.29, 1.82) is 0 Å². The maximum atomic E-state index is 14.6. The van der Waals surface area contributed by atoms with Crippen molar-refractivity contribution in [1.82, 2.24) is 0 Å². The van der Waals surface area contributed by atoms with E-state index < -0.39 is 41.7 Å². The van der Waals surface area contributed by atoms with E-state index in [2.05, 4.69) is 4.74 Å². The highest BCUT2D eigenvalue weighted by Crippen LogP contribution is 2.26. The molecule has 0 aliphatic rings. The van der Waals surface area contributed by atoms with E-state index in [1.165, 1.54) is 24.3 Å². The van der Waals surface area contributed by atoms with Crippen molar-refractivity contribution in [3.8, 4) is 5.75 Å². The molecule has 3 aromatic rings. The summed E-state index contributed by atoms with van der Waals surface area (Å²) in [6, 6.07) is 13.3. The van der Waals surface area contributed by atoms with Crippen molar-refractivity contribution >= 4 is 17.7 Å². The van der Waals surface area contributed by atoms with Crippen molar-refractivity contribution in [2.24, 2.45) is 0 Å². The van der Waals surface area contributed by atoms with E-state index in [9.17, 15) is 22.8 Å². The lowest BCUT2D eigenvalue weighted by molar-refractivity contribution is 0.0600. The molecule has 0 saturated heterocycles. The highest BCUT2D eigenvalue weighted by atomic mass is 19.2. The Morgan fingerprint density at radius 1 is 0.935 bits per heavy atom. The molecule has 3 aromatic carbocycles. The normalized spacial score (nSPS) is 10.5. The lowest BCUT2D eigenvalue weighted by atomic mass is 10.1. The van der Waals surface area contributed by atoms with Gasteiger partial charge in [-0.25, -0.2) is 22.8 Å². The molecule has 0 bridgehead atoms. The van der Waals surface area contributed by atoms with E-state index in [0.29, 0.717) is 0 Å². The molecule has 1 amide bonds. The number of hydrogen-bond donors (Lipinski definition) is 0. The molecule has 0 aliphatic carbocycles. The fraction of sp³-hybridized carbons (Fsp3) is 0.130. The highest BCUT2D eigenvalue weighted by molar-refractivity contribution is 5.90. The first-order valence-corrected chi connectivity index (χ1v) is 9.17. The number of carbonyl (C=O) groups is 2. The van der Waals surface area contributed by atoms with E-state index in [0.717, 1.165) is 29.7 Å². The number of halogens is 3. The van der Waals surface area contributed by atoms with Gasteiger partial charge in [0, 0.05) is 5.56 Å². The number of hydrogen-bond acceptors (Lipinski definition) is 4. The van der Waals surface area contributed by atoms with Crippen LogP contribution in [0.1, 0.15) is 21.5 Å². The number of aryl methyl sites for hydroxylation is 1. The first kappa shape index (κ1) is 21.9. The molecule has 0 N–H and O–H groups in total. The summed E-state index contributed by atoms with van der Waals surface area (Å²) in [4.78, 5) is 25.2. The van der Waals surface area contributed by atoms with Gasteiger partial charge in [-0.2, -0.15) is 0 Å². The van der Waals surface area contributed by atoms with Gasteiger partial charge < -0.3 is 9.47 Å². The zero-order chi connectivity index (χ0) is 22.5. The van der Waals surface area contributed by atoms with E-state index in [-0.39, 0.29) is 16.9 Å². The number of benzene rings is 3. The molecular formula is C23H18F3NO4. The summed E-state index contributed by atoms with van der Waals surface area (Å²) in [5.41, 5.74) is 0.431. The number of anilines is 1. The molecule has 0 radical (unpaired) electrons. The first-order valence-electron chi connectivity index (χ1n) is 9.17. The molecule has 160 valence electrons. The lowest BCUT2D eigenvalue weighted by Crippen LogP contribution is -2.34. The van der Waals surface area contributed by atoms with Gasteiger partial charge >= 0.3 is 12.1 Å². The highest BCUT2D eigenvalue weighted by Gasteiger charge is 2.25. The van der Waals surface area contributed by atoms with Crippen molar-refractivity contribution in [3.63, 3.8) is 0 Å². The minimum atomic E-state index is -1.28. The summed E-state index contributed by atoms with van der Waals surface area (Å²) < 4.78 is 52.6. The smallest absolute Gasteiger partial charge is 0.420 e. The number of carbonyl (C=O) groups excluding carboxylic acids is 2. The molecule has 5 nitrogen and oxygen atoms in total. The van der Waals surface area contributed by atoms with Crippen molar-refractivity contribution in [2.75, 3.05) is 12.0 Å². The second-order valence-corrected chi connectivity index (χ2v) is 6.64. The van der Waals surface area contributed by atoms with Crippen LogP contribution in [-0.2, 0) is 11.3 Å². The number of nitrogens with zero attached hydrogens (tertiary/aromatic N) is 1. The number of amides is 1. The van der Waals surface area contributed by atoms with Crippen LogP contribution in [0.15, 0.2) is 60.7 Å². The predicted octanol–water partition coefficient (Wildman–Crippen LogP) is 5.40. The first-order chi connectivity index (χ1) is 14.8. The Balaban J connectivity index is 1.96. The summed E-state index contributed by atoms with van der Waals surface area (Å²) in [6.07, 6.45) is -1.04. The van der Waals surface area contributed by atoms with Gasteiger partial charge in [0.2, 0.25) is 0 Å². The molecule has 8 heteroatoms. The maximum absolute atomic E-state index is 14.6. The number of rotatable bonds is 5. The fourth-order valence-electron chi connectivity index (χ4n) is 2.80. The van der Waals surface area contributed by atoms with Gasteiger partial charge in [0.1, 0.15) is 11.6 Å². The topological polar surface area (TPSA) is 55.8 Å². The molecule has 0 aliphatic heterocycles. The van der Waals surface area contributed by atoms with E-state index in [4.69, 9.17) is 4.74 Å². The van der Waals surface area contributed by atoms with Crippen LogP contribution in [0.25, 0.3) is 0 Å². The average Bonchev–Trinajstić information content (AvgIpc) is 2.76. The fourth-order valence-corrected chi connectivity index (χ4v) is 2.80. The van der Waals surface area contributed by atoms with Crippen LogP contribution < -0.4 is 9.64 Å². The zero-order valence-corrected chi connectivity index (χ0v) is 16.7.